The Labute approximate surface area is 113 Å². The number of aliphatic imine (C=N–C) groups is 1. The number of hydrogen-bond donors (Lipinski definition) is 0. The Balaban J connectivity index is 2.00. The molecule has 102 valence electrons. The van der Waals surface area contributed by atoms with Gasteiger partial charge in [0, 0.05) is 5.71 Å². The van der Waals surface area contributed by atoms with Crippen molar-refractivity contribution in [1.29, 1.82) is 0 Å². The lowest BCUT2D eigenvalue weighted by atomic mass is 9.87. The lowest BCUT2D eigenvalue weighted by molar-refractivity contribution is 0.419. The van der Waals surface area contributed by atoms with E-state index in [0.29, 0.717) is 12.0 Å². The highest BCUT2D eigenvalue weighted by Crippen LogP contribution is 2.28. The number of nitrogens with zero attached hydrogens (tertiary/aromatic N) is 1. The number of dihydropyridines is 1. The van der Waals surface area contributed by atoms with Crippen LogP contribution in [0.3, 0.4) is 0 Å². The Kier molecular flexibility index (Phi) is 5.46. The van der Waals surface area contributed by atoms with Crippen LogP contribution in [0.1, 0.15) is 71.6 Å². The zero-order valence-corrected chi connectivity index (χ0v) is 12.2. The van der Waals surface area contributed by atoms with E-state index >= 15 is 0 Å². The molecular weight excluding hydrogens is 218 g/mol. The minimum Gasteiger partial charge on any atom is -0.286 e. The molecule has 2 atom stereocenters. The average Bonchev–Trinajstić information content (AvgIpc) is 2.41. The highest BCUT2D eigenvalue weighted by molar-refractivity contribution is 5.97. The van der Waals surface area contributed by atoms with Crippen LogP contribution in [0.15, 0.2) is 17.1 Å². The molecule has 0 bridgehead atoms. The summed E-state index contributed by atoms with van der Waals surface area (Å²) in [7, 11) is 0. The molecule has 0 spiro atoms. The molecule has 1 heteroatoms. The molecule has 2 rings (SSSR count). The lowest BCUT2D eigenvalue weighted by Crippen LogP contribution is -2.24. The summed E-state index contributed by atoms with van der Waals surface area (Å²) >= 11 is 0. The van der Waals surface area contributed by atoms with Crippen molar-refractivity contribution in [3.8, 4) is 0 Å². The van der Waals surface area contributed by atoms with Crippen LogP contribution in [0.4, 0.5) is 0 Å². The molecule has 1 aliphatic heterocycles. The van der Waals surface area contributed by atoms with E-state index in [4.69, 9.17) is 4.99 Å². The molecule has 0 saturated heterocycles. The fraction of sp³-hybridized carbons (Fsp3) is 0.824. The normalized spacial score (nSPS) is 30.5. The minimum absolute atomic E-state index is 0.584. The molecule has 1 nitrogen and oxygen atoms in total. The van der Waals surface area contributed by atoms with Gasteiger partial charge in [-0.25, -0.2) is 0 Å². The zero-order chi connectivity index (χ0) is 12.8. The molecule has 0 N–H and O–H groups in total. The predicted octanol–water partition coefficient (Wildman–Crippen LogP) is 5.16. The van der Waals surface area contributed by atoms with Gasteiger partial charge in [0.2, 0.25) is 0 Å². The molecule has 0 amide bonds. The molecule has 0 radical (unpaired) electrons. The Bertz CT molecular complexity index is 301. The Morgan fingerprint density at radius 2 is 1.56 bits per heavy atom. The van der Waals surface area contributed by atoms with Gasteiger partial charge in [-0.2, -0.15) is 0 Å². The second-order valence-electron chi connectivity index (χ2n) is 6.35. The van der Waals surface area contributed by atoms with E-state index in [9.17, 15) is 0 Å². The van der Waals surface area contributed by atoms with Gasteiger partial charge in [-0.05, 0) is 30.8 Å². The van der Waals surface area contributed by atoms with Gasteiger partial charge in [-0.3, -0.25) is 4.99 Å². The first kappa shape index (κ1) is 13.8. The molecular formula is C17H29N. The molecule has 2 aliphatic rings. The van der Waals surface area contributed by atoms with Crippen LogP contribution in [0, 0.1) is 11.8 Å². The fourth-order valence-corrected chi connectivity index (χ4v) is 3.21. The van der Waals surface area contributed by atoms with Crippen molar-refractivity contribution in [2.24, 2.45) is 16.8 Å². The van der Waals surface area contributed by atoms with E-state index in [-0.39, 0.29) is 0 Å². The van der Waals surface area contributed by atoms with Crippen molar-refractivity contribution < 1.29 is 0 Å². The smallest absolute Gasteiger partial charge is 0.0565 e. The van der Waals surface area contributed by atoms with Crippen molar-refractivity contribution in [2.45, 2.75) is 77.7 Å². The van der Waals surface area contributed by atoms with Gasteiger partial charge in [0.15, 0.2) is 0 Å². The molecule has 1 saturated carbocycles. The molecule has 0 aromatic carbocycles. The third-order valence-corrected chi connectivity index (χ3v) is 4.45. The van der Waals surface area contributed by atoms with Crippen molar-refractivity contribution in [3.63, 3.8) is 0 Å². The summed E-state index contributed by atoms with van der Waals surface area (Å²) in [6.07, 6.45) is 17.4. The van der Waals surface area contributed by atoms with E-state index < -0.39 is 0 Å². The van der Waals surface area contributed by atoms with E-state index in [1.54, 1.807) is 0 Å². The maximum atomic E-state index is 5.04. The number of fused-ring (bicyclic) bond motifs is 1. The third-order valence-electron chi connectivity index (χ3n) is 4.45. The Morgan fingerprint density at radius 3 is 2.22 bits per heavy atom. The van der Waals surface area contributed by atoms with E-state index in [1.165, 1.54) is 63.5 Å². The maximum absolute atomic E-state index is 5.04. The Morgan fingerprint density at radius 1 is 0.944 bits per heavy atom. The molecule has 2 unspecified atom stereocenters. The lowest BCUT2D eigenvalue weighted by Gasteiger charge is -2.26. The second-order valence-corrected chi connectivity index (χ2v) is 6.35. The first-order valence-corrected chi connectivity index (χ1v) is 8.03. The highest BCUT2D eigenvalue weighted by atomic mass is 14.8. The summed E-state index contributed by atoms with van der Waals surface area (Å²) in [6.45, 7) is 4.52. The zero-order valence-electron chi connectivity index (χ0n) is 12.2. The van der Waals surface area contributed by atoms with Gasteiger partial charge in [0.25, 0.3) is 0 Å². The summed E-state index contributed by atoms with van der Waals surface area (Å²) in [5, 5.41) is 0. The molecule has 1 heterocycles. The molecule has 0 aromatic heterocycles. The minimum atomic E-state index is 0.584. The van der Waals surface area contributed by atoms with E-state index in [0.717, 1.165) is 5.92 Å². The monoisotopic (exact) mass is 247 g/mol. The summed E-state index contributed by atoms with van der Waals surface area (Å²) in [6, 6.07) is 0.588. The molecule has 18 heavy (non-hydrogen) atoms. The fourth-order valence-electron chi connectivity index (χ4n) is 3.21. The first-order chi connectivity index (χ1) is 8.77. The summed E-state index contributed by atoms with van der Waals surface area (Å²) in [5.74, 6) is 1.31. The maximum Gasteiger partial charge on any atom is 0.0565 e. The van der Waals surface area contributed by atoms with E-state index in [1.807, 2.05) is 0 Å². The summed E-state index contributed by atoms with van der Waals surface area (Å²) in [4.78, 5) is 5.04. The quantitative estimate of drug-likeness (QED) is 0.606. The predicted molar refractivity (Wildman–Crippen MR) is 80.2 cm³/mol. The van der Waals surface area contributed by atoms with Crippen LogP contribution >= 0.6 is 0 Å². The van der Waals surface area contributed by atoms with Crippen LogP contribution in [0.25, 0.3) is 0 Å². The van der Waals surface area contributed by atoms with Crippen LogP contribution in [0.5, 0.6) is 0 Å². The van der Waals surface area contributed by atoms with Crippen LogP contribution < -0.4 is 0 Å². The van der Waals surface area contributed by atoms with Gasteiger partial charge in [0.1, 0.15) is 0 Å². The first-order valence-electron chi connectivity index (χ1n) is 8.03. The summed E-state index contributed by atoms with van der Waals surface area (Å²) < 4.78 is 0. The largest absolute Gasteiger partial charge is 0.286 e. The van der Waals surface area contributed by atoms with Gasteiger partial charge in [0.05, 0.1) is 6.04 Å². The number of rotatable bonds is 1. The van der Waals surface area contributed by atoms with E-state index in [2.05, 4.69) is 26.0 Å². The SMILES string of the molecule is CC(C)C1=NC2CCCCCCCCCC2C=C1. The van der Waals surface area contributed by atoms with Gasteiger partial charge < -0.3 is 0 Å². The van der Waals surface area contributed by atoms with Gasteiger partial charge in [-0.15, -0.1) is 0 Å². The van der Waals surface area contributed by atoms with Crippen LogP contribution in [-0.4, -0.2) is 11.8 Å². The highest BCUT2D eigenvalue weighted by Gasteiger charge is 2.22. The Hall–Kier alpha value is -0.590. The van der Waals surface area contributed by atoms with Crippen molar-refractivity contribution >= 4 is 5.71 Å². The third kappa shape index (κ3) is 3.96. The van der Waals surface area contributed by atoms with Gasteiger partial charge >= 0.3 is 0 Å². The van der Waals surface area contributed by atoms with Crippen LogP contribution in [0.2, 0.25) is 0 Å². The molecule has 1 aliphatic carbocycles. The average molecular weight is 247 g/mol. The van der Waals surface area contributed by atoms with Crippen LogP contribution in [-0.2, 0) is 0 Å². The van der Waals surface area contributed by atoms with Crippen molar-refractivity contribution in [2.75, 3.05) is 0 Å². The molecule has 0 aromatic rings. The van der Waals surface area contributed by atoms with Crippen molar-refractivity contribution in [1.82, 2.24) is 0 Å². The topological polar surface area (TPSA) is 12.4 Å². The molecule has 1 fully saturated rings. The van der Waals surface area contributed by atoms with Crippen molar-refractivity contribution in [3.05, 3.63) is 12.2 Å². The number of allylic oxidation sites excluding steroid dienone is 1. The van der Waals surface area contributed by atoms with Gasteiger partial charge in [-0.1, -0.05) is 64.9 Å². The second kappa shape index (κ2) is 7.11. The number of hydrogen-bond acceptors (Lipinski definition) is 1. The standard InChI is InChI=1S/C17H29N/c1-14(2)16-13-12-15-10-8-6-4-3-5-7-9-11-17(15)18-16/h12-15,17H,3-11H2,1-2H3. The summed E-state index contributed by atoms with van der Waals surface area (Å²) in [5.41, 5.74) is 1.33.